The first-order valence-electron chi connectivity index (χ1n) is 12.2. The van der Waals surface area contributed by atoms with Gasteiger partial charge < -0.3 is 5.32 Å². The quantitative estimate of drug-likeness (QED) is 0.205. The zero-order valence-corrected chi connectivity index (χ0v) is 24.4. The van der Waals surface area contributed by atoms with Crippen LogP contribution in [0.25, 0.3) is 21.3 Å². The summed E-state index contributed by atoms with van der Waals surface area (Å²) in [4.78, 5) is 29.4. The fourth-order valence-electron chi connectivity index (χ4n) is 3.80. The summed E-state index contributed by atoms with van der Waals surface area (Å²) in [5.74, 6) is -6.89. The number of carbonyl (C=O) groups is 2. The van der Waals surface area contributed by atoms with Crippen molar-refractivity contribution in [1.82, 2.24) is 10.3 Å². The van der Waals surface area contributed by atoms with Crippen LogP contribution in [0, 0.1) is 0 Å². The fourth-order valence-corrected chi connectivity index (χ4v) is 7.28. The van der Waals surface area contributed by atoms with Gasteiger partial charge in [0.15, 0.2) is 20.9 Å². The van der Waals surface area contributed by atoms with Crippen LogP contribution in [0.2, 0.25) is 0 Å². The number of nitrogens with zero attached hydrogens (tertiary/aromatic N) is 1. The highest BCUT2D eigenvalue weighted by Gasteiger charge is 2.40. The maximum atomic E-state index is 13.2. The number of alkyl halides is 5. The molecule has 0 saturated heterocycles. The monoisotopic (exact) mass is 655 g/mol. The van der Waals surface area contributed by atoms with E-state index in [0.717, 1.165) is 18.3 Å². The predicted octanol–water partition coefficient (Wildman–Crippen LogP) is 4.39. The molecule has 0 spiro atoms. The van der Waals surface area contributed by atoms with E-state index in [4.69, 9.17) is 5.14 Å². The first kappa shape index (κ1) is 33.5. The van der Waals surface area contributed by atoms with E-state index >= 15 is 0 Å². The third kappa shape index (κ3) is 9.78. The average Bonchev–Trinajstić information content (AvgIpc) is 3.27. The van der Waals surface area contributed by atoms with Crippen LogP contribution in [-0.4, -0.2) is 63.7 Å². The van der Waals surface area contributed by atoms with Gasteiger partial charge in [-0.3, -0.25) is 9.59 Å². The van der Waals surface area contributed by atoms with E-state index in [0.29, 0.717) is 15.8 Å². The average molecular weight is 656 g/mol. The molecule has 0 aliphatic carbocycles. The number of carbonyl (C=O) groups excluding carboxylic acids is 2. The third-order valence-electron chi connectivity index (χ3n) is 5.89. The lowest BCUT2D eigenvalue weighted by Gasteiger charge is -2.16. The largest absolute Gasteiger partial charge is 0.390 e. The number of benzene rings is 2. The Morgan fingerprint density at radius 3 is 2.26 bits per heavy atom. The van der Waals surface area contributed by atoms with Gasteiger partial charge in [0.25, 0.3) is 0 Å². The second-order valence-corrected chi connectivity index (χ2v) is 14.6. The number of primary sulfonamides is 1. The Balaban J connectivity index is 1.95. The molecule has 230 valence electrons. The lowest BCUT2D eigenvalue weighted by atomic mass is 9.99. The van der Waals surface area contributed by atoms with Crippen molar-refractivity contribution >= 4 is 53.1 Å². The van der Waals surface area contributed by atoms with Gasteiger partial charge in [0, 0.05) is 24.9 Å². The van der Waals surface area contributed by atoms with Gasteiger partial charge in [0.2, 0.25) is 21.9 Å². The highest BCUT2D eigenvalue weighted by Crippen LogP contribution is 2.35. The Bertz CT molecular complexity index is 1680. The number of nitrogens with two attached hydrogens (primary N) is 1. The molecule has 17 heteroatoms. The molecule has 3 N–H and O–H groups in total. The molecule has 0 saturated carbocycles. The summed E-state index contributed by atoms with van der Waals surface area (Å²) in [5.41, 5.74) is 1.48. The van der Waals surface area contributed by atoms with E-state index in [2.05, 4.69) is 10.3 Å². The highest BCUT2D eigenvalue weighted by atomic mass is 32.2. The Morgan fingerprint density at radius 2 is 1.64 bits per heavy atom. The number of sulfonamides is 1. The molecule has 3 rings (SSSR count). The van der Waals surface area contributed by atoms with E-state index < -0.39 is 79.8 Å². The molecule has 0 aliphatic heterocycles. The van der Waals surface area contributed by atoms with Crippen molar-refractivity contribution in [1.29, 1.82) is 0 Å². The van der Waals surface area contributed by atoms with Crippen molar-refractivity contribution in [3.05, 3.63) is 53.0 Å². The minimum Gasteiger partial charge on any atom is -0.354 e. The molecule has 1 aromatic heterocycles. The summed E-state index contributed by atoms with van der Waals surface area (Å²) in [7, 11) is -8.80. The normalized spacial score (nSPS) is 13.7. The lowest BCUT2D eigenvalue weighted by Crippen LogP contribution is -2.38. The van der Waals surface area contributed by atoms with Gasteiger partial charge in [0.1, 0.15) is 5.01 Å². The first-order valence-corrected chi connectivity index (χ1v) is 16.5. The fraction of sp³-hybridized carbons (Fsp3) is 0.400. The number of hydrogen-bond donors (Lipinski definition) is 2. The molecular weight excluding hydrogens is 629 g/mol. The number of sulfone groups is 1. The zero-order valence-electron chi connectivity index (χ0n) is 22.0. The molecule has 2 aromatic carbocycles. The number of halogens is 5. The predicted molar refractivity (Wildman–Crippen MR) is 147 cm³/mol. The summed E-state index contributed by atoms with van der Waals surface area (Å²) in [6.07, 6.45) is -7.52. The van der Waals surface area contributed by atoms with Crippen molar-refractivity contribution in [3.63, 3.8) is 0 Å². The number of fused-ring (bicyclic) bond motifs is 1. The van der Waals surface area contributed by atoms with Crippen LogP contribution in [0.5, 0.6) is 0 Å². The number of ketones is 1. The van der Waals surface area contributed by atoms with Crippen LogP contribution in [0.1, 0.15) is 46.8 Å². The van der Waals surface area contributed by atoms with E-state index in [9.17, 15) is 48.4 Å². The molecular formula is C25H26F5N3O6S3. The Morgan fingerprint density at radius 1 is 0.976 bits per heavy atom. The van der Waals surface area contributed by atoms with Gasteiger partial charge in [-0.2, -0.15) is 13.2 Å². The van der Waals surface area contributed by atoms with Gasteiger partial charge in [-0.1, -0.05) is 24.3 Å². The van der Waals surface area contributed by atoms with Gasteiger partial charge in [-0.25, -0.2) is 35.7 Å². The SMILES string of the molecule is CC(F)(F)CCC(=O)c1cccc(-c2ccc3nc(C(C(=O)NCCS(N)(=O)=O)S(=O)(=O)CCC(F)(F)F)sc3c2)c1. The van der Waals surface area contributed by atoms with E-state index in [1.807, 2.05) is 0 Å². The minimum absolute atomic E-state index is 0.203. The number of nitrogens with one attached hydrogen (secondary N) is 1. The Hall–Kier alpha value is -3.02. The zero-order chi connectivity index (χ0) is 31.5. The molecule has 0 aliphatic rings. The molecule has 0 bridgehead atoms. The molecule has 1 unspecified atom stereocenters. The molecule has 9 nitrogen and oxygen atoms in total. The number of amides is 1. The van der Waals surface area contributed by atoms with Gasteiger partial charge in [-0.15, -0.1) is 11.3 Å². The minimum atomic E-state index is -4.82. The van der Waals surface area contributed by atoms with Crippen molar-refractivity contribution in [2.75, 3.05) is 18.1 Å². The number of thiazole rings is 1. The van der Waals surface area contributed by atoms with Crippen LogP contribution >= 0.6 is 11.3 Å². The van der Waals surface area contributed by atoms with Crippen molar-refractivity contribution < 1.29 is 48.4 Å². The lowest BCUT2D eigenvalue weighted by molar-refractivity contribution is -0.130. The standard InChI is InChI=1S/C25H26F5N3O6S3/c1-24(26,27)8-7-19(34)17-4-2-3-15(13-17)16-5-6-18-20(14-16)40-23(33-18)21(22(35)32-10-12-42(31,38)39)41(36,37)11-9-25(28,29)30/h2-6,13-14,21H,7-12H2,1H3,(H,32,35)(H2,31,38,39). The molecule has 0 radical (unpaired) electrons. The van der Waals surface area contributed by atoms with Gasteiger partial charge >= 0.3 is 6.18 Å². The summed E-state index contributed by atoms with van der Waals surface area (Å²) in [6, 6.07) is 10.8. The summed E-state index contributed by atoms with van der Waals surface area (Å²) < 4.78 is 113. The van der Waals surface area contributed by atoms with Crippen molar-refractivity contribution in [2.24, 2.45) is 5.14 Å². The van der Waals surface area contributed by atoms with Crippen molar-refractivity contribution in [3.8, 4) is 11.1 Å². The first-order chi connectivity index (χ1) is 19.2. The van der Waals surface area contributed by atoms with Crippen LogP contribution in [0.15, 0.2) is 42.5 Å². The van der Waals surface area contributed by atoms with E-state index in [1.54, 1.807) is 24.3 Å². The van der Waals surface area contributed by atoms with Crippen LogP contribution in [-0.2, 0) is 24.7 Å². The Kier molecular flexibility index (Phi) is 10.1. The molecule has 1 heterocycles. The second kappa shape index (κ2) is 12.7. The summed E-state index contributed by atoms with van der Waals surface area (Å²) in [5, 5.41) is 4.48. The highest BCUT2D eigenvalue weighted by molar-refractivity contribution is 7.92. The Labute approximate surface area is 242 Å². The molecule has 3 aromatic rings. The summed E-state index contributed by atoms with van der Waals surface area (Å²) in [6.45, 7) is 0.137. The van der Waals surface area contributed by atoms with Gasteiger partial charge in [0.05, 0.1) is 28.1 Å². The second-order valence-electron chi connectivity index (χ2n) is 9.58. The molecule has 1 atom stereocenters. The van der Waals surface area contributed by atoms with Crippen LogP contribution < -0.4 is 10.5 Å². The molecule has 42 heavy (non-hydrogen) atoms. The molecule has 0 fully saturated rings. The van der Waals surface area contributed by atoms with Crippen LogP contribution in [0.4, 0.5) is 22.0 Å². The summed E-state index contributed by atoms with van der Waals surface area (Å²) >= 11 is 0.738. The van der Waals surface area contributed by atoms with Gasteiger partial charge in [-0.05, 0) is 36.2 Å². The third-order valence-corrected chi connectivity index (χ3v) is 9.83. The topological polar surface area (TPSA) is 153 Å². The number of rotatable bonds is 13. The van der Waals surface area contributed by atoms with E-state index in [1.165, 1.54) is 18.2 Å². The van der Waals surface area contributed by atoms with Crippen molar-refractivity contribution in [2.45, 2.75) is 43.5 Å². The molecule has 1 amide bonds. The van der Waals surface area contributed by atoms with Crippen LogP contribution in [0.3, 0.4) is 0 Å². The number of hydrogen-bond acceptors (Lipinski definition) is 8. The smallest absolute Gasteiger partial charge is 0.354 e. The maximum Gasteiger partial charge on any atom is 0.390 e. The number of Topliss-reactive ketones (excluding diaryl/α,β-unsaturated/α-hetero) is 1. The maximum absolute atomic E-state index is 13.2. The number of aromatic nitrogens is 1. The van der Waals surface area contributed by atoms with E-state index in [-0.39, 0.29) is 22.5 Å².